The molecular formula is C9H14ClNO4. The molecule has 0 spiro atoms. The maximum atomic E-state index is 9.99. The van der Waals surface area contributed by atoms with Gasteiger partial charge in [0.25, 0.3) is 0 Å². The van der Waals surface area contributed by atoms with Crippen LogP contribution in [0.25, 0.3) is 0 Å². The molecule has 0 heterocycles. The van der Waals surface area contributed by atoms with Crippen LogP contribution in [0.3, 0.4) is 0 Å². The van der Waals surface area contributed by atoms with Crippen LogP contribution in [0.2, 0.25) is 0 Å². The molecule has 15 heavy (non-hydrogen) atoms. The van der Waals surface area contributed by atoms with E-state index < -0.39 is 11.4 Å². The van der Waals surface area contributed by atoms with Crippen LogP contribution in [0, 0.1) is 11.3 Å². The summed E-state index contributed by atoms with van der Waals surface area (Å²) in [5.41, 5.74) is -0.721. The van der Waals surface area contributed by atoms with Crippen LogP contribution in [-0.4, -0.2) is 24.6 Å². The summed E-state index contributed by atoms with van der Waals surface area (Å²) in [6.45, 7) is 4.53. The van der Waals surface area contributed by atoms with E-state index in [1.807, 2.05) is 13.8 Å². The second-order valence-corrected chi connectivity index (χ2v) is 2.64. The Balaban J connectivity index is 0. The highest BCUT2D eigenvalue weighted by Gasteiger charge is 1.93. The van der Waals surface area contributed by atoms with Crippen molar-refractivity contribution in [2.45, 2.75) is 26.7 Å². The van der Waals surface area contributed by atoms with Gasteiger partial charge in [-0.1, -0.05) is 13.8 Å². The molecule has 0 bridgehead atoms. The number of hydrogen-bond acceptors (Lipinski definition) is 5. The topological polar surface area (TPSA) is 76.4 Å². The highest BCUT2D eigenvalue weighted by atomic mass is 35.5. The number of carbonyl (C=O) groups excluding carboxylic acids is 2. The normalized spacial score (nSPS) is 7.87. The van der Waals surface area contributed by atoms with Crippen LogP contribution in [0.15, 0.2) is 0 Å². The number of hydrogen-bond donors (Lipinski definition) is 0. The van der Waals surface area contributed by atoms with Gasteiger partial charge in [0, 0.05) is 11.6 Å². The Morgan fingerprint density at radius 1 is 1.20 bits per heavy atom. The van der Waals surface area contributed by atoms with Gasteiger partial charge < -0.3 is 9.47 Å². The second kappa shape index (κ2) is 12.7. The Labute approximate surface area is 93.9 Å². The summed E-state index contributed by atoms with van der Waals surface area (Å²) in [5.74, 6) is -0.799. The van der Waals surface area contributed by atoms with Gasteiger partial charge in [-0.3, -0.25) is 0 Å². The highest BCUT2D eigenvalue weighted by Crippen LogP contribution is 1.87. The fraction of sp³-hybridized carbons (Fsp3) is 0.667. The van der Waals surface area contributed by atoms with Gasteiger partial charge in [0.2, 0.25) is 0 Å². The molecule has 5 nitrogen and oxygen atoms in total. The zero-order chi connectivity index (χ0) is 12.1. The molecule has 6 heteroatoms. The summed E-state index contributed by atoms with van der Waals surface area (Å²) in [7, 11) is 0. The summed E-state index contributed by atoms with van der Waals surface area (Å²) in [4.78, 5) is 19.7. The molecule has 0 N–H and O–H groups in total. The Kier molecular flexibility index (Phi) is 13.7. The van der Waals surface area contributed by atoms with Gasteiger partial charge in [0.05, 0.1) is 13.2 Å². The van der Waals surface area contributed by atoms with Crippen molar-refractivity contribution in [3.8, 4) is 6.07 Å². The van der Waals surface area contributed by atoms with Crippen LogP contribution >= 0.6 is 11.6 Å². The molecule has 0 unspecified atom stereocenters. The van der Waals surface area contributed by atoms with Crippen molar-refractivity contribution in [3.63, 3.8) is 0 Å². The maximum Gasteiger partial charge on any atom is 0.411 e. The predicted molar refractivity (Wildman–Crippen MR) is 54.4 cm³/mol. The van der Waals surface area contributed by atoms with Crippen molar-refractivity contribution in [2.75, 3.05) is 13.2 Å². The fourth-order valence-electron chi connectivity index (χ4n) is 0.409. The first-order chi connectivity index (χ1) is 7.08. The van der Waals surface area contributed by atoms with E-state index in [-0.39, 0.29) is 0 Å². The van der Waals surface area contributed by atoms with Crippen molar-refractivity contribution in [1.29, 1.82) is 5.26 Å². The third-order valence-electron chi connectivity index (χ3n) is 0.948. The number of ether oxygens (including phenoxy) is 2. The highest BCUT2D eigenvalue weighted by molar-refractivity contribution is 6.61. The first-order valence-electron chi connectivity index (χ1n) is 4.47. The first-order valence-corrected chi connectivity index (χ1v) is 4.85. The SMILES string of the molecule is CCCOC(=O)C#N.CCCOC(=O)Cl. The minimum atomic E-state index is -0.799. The lowest BCUT2D eigenvalue weighted by Crippen LogP contribution is -2.00. The molecule has 0 saturated heterocycles. The summed E-state index contributed by atoms with van der Waals surface area (Å²) < 4.78 is 8.66. The van der Waals surface area contributed by atoms with E-state index in [1.165, 1.54) is 6.07 Å². The van der Waals surface area contributed by atoms with Crippen molar-refractivity contribution in [3.05, 3.63) is 0 Å². The van der Waals surface area contributed by atoms with E-state index in [9.17, 15) is 9.59 Å². The number of esters is 1. The van der Waals surface area contributed by atoms with Gasteiger partial charge in [0.15, 0.2) is 6.07 Å². The zero-order valence-corrected chi connectivity index (χ0v) is 9.54. The molecule has 0 aromatic rings. The van der Waals surface area contributed by atoms with Crippen LogP contribution in [0.4, 0.5) is 4.79 Å². The summed E-state index contributed by atoms with van der Waals surface area (Å²) in [6, 6.07) is 1.34. The van der Waals surface area contributed by atoms with E-state index >= 15 is 0 Å². The van der Waals surface area contributed by atoms with E-state index in [0.717, 1.165) is 12.8 Å². The molecule has 0 fully saturated rings. The Morgan fingerprint density at radius 3 is 1.93 bits per heavy atom. The number of carbonyl (C=O) groups is 2. The lowest BCUT2D eigenvalue weighted by Gasteiger charge is -1.91. The minimum Gasteiger partial charge on any atom is -0.455 e. The third kappa shape index (κ3) is 19.2. The van der Waals surface area contributed by atoms with Crippen LogP contribution in [0.1, 0.15) is 26.7 Å². The summed E-state index contributed by atoms with van der Waals surface area (Å²) in [6.07, 6.45) is 1.58. The zero-order valence-electron chi connectivity index (χ0n) is 8.79. The van der Waals surface area contributed by atoms with E-state index in [2.05, 4.69) is 9.47 Å². The molecule has 0 aliphatic heterocycles. The van der Waals surface area contributed by atoms with Gasteiger partial charge >= 0.3 is 11.4 Å². The molecule has 0 radical (unpaired) electrons. The fourth-order valence-corrected chi connectivity index (χ4v) is 0.486. The number of nitrogens with zero attached hydrogens (tertiary/aromatic N) is 1. The Morgan fingerprint density at radius 2 is 1.67 bits per heavy atom. The average Bonchev–Trinajstić information content (AvgIpc) is 2.23. The summed E-state index contributed by atoms with van der Waals surface area (Å²) in [5, 5.41) is 7.84. The molecule has 0 aromatic heterocycles. The maximum absolute atomic E-state index is 9.99. The molecule has 0 amide bonds. The number of rotatable bonds is 4. The summed E-state index contributed by atoms with van der Waals surface area (Å²) >= 11 is 4.80. The first kappa shape index (κ1) is 16.2. The molecule has 0 aliphatic rings. The molecule has 0 atom stereocenters. The van der Waals surface area contributed by atoms with Crippen molar-refractivity contribution < 1.29 is 19.1 Å². The van der Waals surface area contributed by atoms with Gasteiger partial charge in [-0.15, -0.1) is 0 Å². The van der Waals surface area contributed by atoms with Crippen LogP contribution in [0.5, 0.6) is 0 Å². The number of nitriles is 1. The lowest BCUT2D eigenvalue weighted by molar-refractivity contribution is -0.136. The molecule has 0 aromatic carbocycles. The van der Waals surface area contributed by atoms with Gasteiger partial charge in [0.1, 0.15) is 0 Å². The van der Waals surface area contributed by atoms with Crippen molar-refractivity contribution >= 4 is 23.0 Å². The standard InChI is InChI=1S/C5H7NO2.C4H7ClO2/c1-2-3-8-5(7)4-6;1-2-3-7-4(5)6/h2-3H2,1H3;2-3H2,1H3. The largest absolute Gasteiger partial charge is 0.455 e. The lowest BCUT2D eigenvalue weighted by atomic mass is 10.5. The van der Waals surface area contributed by atoms with Crippen molar-refractivity contribution in [1.82, 2.24) is 0 Å². The third-order valence-corrected chi connectivity index (χ3v) is 1.06. The van der Waals surface area contributed by atoms with Gasteiger partial charge in [-0.2, -0.15) is 5.26 Å². The average molecular weight is 236 g/mol. The van der Waals surface area contributed by atoms with E-state index in [1.54, 1.807) is 0 Å². The van der Waals surface area contributed by atoms with Crippen LogP contribution in [-0.2, 0) is 14.3 Å². The molecular weight excluding hydrogens is 222 g/mol. The second-order valence-electron chi connectivity index (χ2n) is 2.33. The Bertz CT molecular complexity index is 225. The molecule has 86 valence electrons. The molecule has 0 saturated carbocycles. The minimum absolute atomic E-state index is 0.340. The molecule has 0 rings (SSSR count). The molecule has 0 aliphatic carbocycles. The van der Waals surface area contributed by atoms with Gasteiger partial charge in [-0.05, 0) is 12.8 Å². The van der Waals surface area contributed by atoms with Crippen molar-refractivity contribution in [2.24, 2.45) is 0 Å². The van der Waals surface area contributed by atoms with Gasteiger partial charge in [-0.25, -0.2) is 9.59 Å². The number of halogens is 1. The smallest absolute Gasteiger partial charge is 0.411 e. The quantitative estimate of drug-likeness (QED) is 0.424. The van der Waals surface area contributed by atoms with E-state index in [4.69, 9.17) is 16.9 Å². The monoisotopic (exact) mass is 235 g/mol. The predicted octanol–water partition coefficient (Wildman–Crippen LogP) is 2.23. The van der Waals surface area contributed by atoms with E-state index in [0.29, 0.717) is 13.2 Å². The van der Waals surface area contributed by atoms with Crippen LogP contribution < -0.4 is 0 Å². The Hall–Kier alpha value is -1.28.